The van der Waals surface area contributed by atoms with Crippen molar-refractivity contribution >= 4 is 65.2 Å². The number of rotatable bonds is 3. The minimum absolute atomic E-state index is 0.843. The zero-order valence-electron chi connectivity index (χ0n) is 24.8. The average molecular weight is 587 g/mol. The predicted octanol–water partition coefficient (Wildman–Crippen LogP) is 12.8. The van der Waals surface area contributed by atoms with E-state index >= 15 is 0 Å². The molecule has 0 N–H and O–H groups in total. The van der Waals surface area contributed by atoms with Gasteiger partial charge in [0.2, 0.25) is 0 Å². The monoisotopic (exact) mass is 586 g/mol. The fourth-order valence-corrected chi connectivity index (χ4v) is 7.40. The smallest absolute Gasteiger partial charge is 0.144 e. The zero-order valence-corrected chi connectivity index (χ0v) is 24.8. The van der Waals surface area contributed by atoms with Crippen LogP contribution in [0.25, 0.3) is 98.8 Å². The molecule has 0 amide bonds. The van der Waals surface area contributed by atoms with Crippen molar-refractivity contribution in [1.29, 1.82) is 0 Å². The normalized spacial score (nSPS) is 11.9. The summed E-state index contributed by atoms with van der Waals surface area (Å²) in [5.74, 6) is 0.843. The lowest BCUT2D eigenvalue weighted by Gasteiger charge is -2.18. The molecule has 8 aromatic carbocycles. The topological polar surface area (TPSA) is 26.3 Å². The van der Waals surface area contributed by atoms with E-state index in [4.69, 9.17) is 8.83 Å². The van der Waals surface area contributed by atoms with E-state index in [1.807, 2.05) is 12.1 Å². The van der Waals surface area contributed by atoms with Crippen LogP contribution in [0.5, 0.6) is 0 Å². The maximum absolute atomic E-state index is 6.78. The molecule has 0 saturated heterocycles. The van der Waals surface area contributed by atoms with Crippen molar-refractivity contribution in [1.82, 2.24) is 0 Å². The molecule has 2 nitrogen and oxygen atoms in total. The van der Waals surface area contributed by atoms with Gasteiger partial charge >= 0.3 is 0 Å². The Balaban J connectivity index is 1.39. The molecule has 0 radical (unpaired) electrons. The van der Waals surface area contributed by atoms with E-state index in [0.29, 0.717) is 0 Å². The van der Waals surface area contributed by atoms with E-state index < -0.39 is 0 Å². The van der Waals surface area contributed by atoms with Crippen LogP contribution in [0, 0.1) is 0 Å². The van der Waals surface area contributed by atoms with Gasteiger partial charge in [-0.25, -0.2) is 0 Å². The second kappa shape index (κ2) is 9.69. The first-order valence-electron chi connectivity index (χ1n) is 15.7. The molecule has 0 unspecified atom stereocenters. The van der Waals surface area contributed by atoms with Crippen molar-refractivity contribution in [2.45, 2.75) is 0 Å². The summed E-state index contributed by atoms with van der Waals surface area (Å²) >= 11 is 0. The van der Waals surface area contributed by atoms with E-state index in [2.05, 4.69) is 146 Å². The van der Waals surface area contributed by atoms with Crippen LogP contribution in [0.3, 0.4) is 0 Å². The molecule has 10 aromatic rings. The Labute approximate surface area is 264 Å². The zero-order chi connectivity index (χ0) is 30.2. The van der Waals surface area contributed by atoms with Crippen LogP contribution in [-0.2, 0) is 0 Å². The maximum Gasteiger partial charge on any atom is 0.144 e. The number of hydrogen-bond donors (Lipinski definition) is 0. The Hall–Kier alpha value is -6.12. The lowest BCUT2D eigenvalue weighted by molar-refractivity contribution is 0.631. The van der Waals surface area contributed by atoms with Crippen molar-refractivity contribution in [3.63, 3.8) is 0 Å². The molecule has 0 fully saturated rings. The minimum atomic E-state index is 0.843. The van der Waals surface area contributed by atoms with E-state index in [-0.39, 0.29) is 0 Å². The number of furan rings is 2. The van der Waals surface area contributed by atoms with Gasteiger partial charge in [0.25, 0.3) is 0 Å². The van der Waals surface area contributed by atoms with Gasteiger partial charge in [-0.15, -0.1) is 0 Å². The molecular formula is C44H26O2. The highest BCUT2D eigenvalue weighted by Gasteiger charge is 2.24. The van der Waals surface area contributed by atoms with Gasteiger partial charge in [-0.2, -0.15) is 0 Å². The van der Waals surface area contributed by atoms with Crippen LogP contribution >= 0.6 is 0 Å². The van der Waals surface area contributed by atoms with Crippen LogP contribution in [0.4, 0.5) is 0 Å². The molecule has 0 aliphatic rings. The summed E-state index contributed by atoms with van der Waals surface area (Å²) in [7, 11) is 0. The number of fused-ring (bicyclic) bond motifs is 7. The van der Waals surface area contributed by atoms with E-state index in [1.54, 1.807) is 0 Å². The van der Waals surface area contributed by atoms with Gasteiger partial charge in [-0.3, -0.25) is 0 Å². The summed E-state index contributed by atoms with van der Waals surface area (Å²) in [5, 5.41) is 10.4. The van der Waals surface area contributed by atoms with Gasteiger partial charge in [-0.05, 0) is 67.7 Å². The molecule has 0 saturated carbocycles. The molecular weight excluding hydrogens is 560 g/mol. The third-order valence-corrected chi connectivity index (χ3v) is 9.44. The van der Waals surface area contributed by atoms with Crippen molar-refractivity contribution in [2.75, 3.05) is 0 Å². The first-order valence-corrected chi connectivity index (χ1v) is 15.7. The van der Waals surface area contributed by atoms with Crippen LogP contribution in [0.1, 0.15) is 0 Å². The molecule has 2 heterocycles. The SMILES string of the molecule is c1ccc(-c2cc3c(-c4c5ccccc5c(-c5ccc6ccccc6c5)c5ccccc45)c4oc5ccccc5c4cc3o2)cc1. The largest absolute Gasteiger partial charge is 0.456 e. The molecule has 10 rings (SSSR count). The van der Waals surface area contributed by atoms with Gasteiger partial charge in [0, 0.05) is 32.8 Å². The van der Waals surface area contributed by atoms with Crippen LogP contribution in [-0.4, -0.2) is 0 Å². The lowest BCUT2D eigenvalue weighted by Crippen LogP contribution is -1.92. The molecule has 2 heteroatoms. The summed E-state index contributed by atoms with van der Waals surface area (Å²) in [6, 6.07) is 56.0. The number of benzene rings is 8. The predicted molar refractivity (Wildman–Crippen MR) is 192 cm³/mol. The summed E-state index contributed by atoms with van der Waals surface area (Å²) in [5.41, 5.74) is 8.31. The van der Waals surface area contributed by atoms with Crippen molar-refractivity contribution in [3.05, 3.63) is 158 Å². The average Bonchev–Trinajstić information content (AvgIpc) is 3.72. The summed E-state index contributed by atoms with van der Waals surface area (Å²) in [4.78, 5) is 0. The number of para-hydroxylation sites is 1. The second-order valence-electron chi connectivity index (χ2n) is 12.0. The van der Waals surface area contributed by atoms with Crippen LogP contribution in [0.15, 0.2) is 167 Å². The summed E-state index contributed by atoms with van der Waals surface area (Å²) in [6.07, 6.45) is 0. The Kier molecular flexibility index (Phi) is 5.31. The van der Waals surface area contributed by atoms with Crippen molar-refractivity contribution in [3.8, 4) is 33.6 Å². The number of hydrogen-bond acceptors (Lipinski definition) is 2. The molecule has 0 aliphatic heterocycles. The molecule has 46 heavy (non-hydrogen) atoms. The third-order valence-electron chi connectivity index (χ3n) is 9.44. The molecule has 0 aliphatic carbocycles. The highest BCUT2D eigenvalue weighted by molar-refractivity contribution is 6.28. The van der Waals surface area contributed by atoms with Crippen molar-refractivity contribution in [2.24, 2.45) is 0 Å². The maximum atomic E-state index is 6.78. The Morgan fingerprint density at radius 2 is 0.913 bits per heavy atom. The van der Waals surface area contributed by atoms with Crippen LogP contribution < -0.4 is 0 Å². The van der Waals surface area contributed by atoms with Gasteiger partial charge in [0.1, 0.15) is 22.5 Å². The molecule has 0 atom stereocenters. The Morgan fingerprint density at radius 1 is 0.304 bits per heavy atom. The second-order valence-corrected chi connectivity index (χ2v) is 12.0. The fourth-order valence-electron chi connectivity index (χ4n) is 7.40. The fraction of sp³-hybridized carbons (Fsp3) is 0. The van der Waals surface area contributed by atoms with Gasteiger partial charge in [0.05, 0.1) is 0 Å². The standard InChI is InChI=1S/C44H26O2/c1-2-13-28(14-3-1)39-26-37-40(45-39)25-36-31-16-10-11-21-38(31)46-44(36)43(37)42-34-19-8-6-17-32(34)41(33-18-7-9-20-35(33)42)30-23-22-27-12-4-5-15-29(27)24-30/h1-26H. The minimum Gasteiger partial charge on any atom is -0.456 e. The van der Waals surface area contributed by atoms with Crippen LogP contribution in [0.2, 0.25) is 0 Å². The van der Waals surface area contributed by atoms with Gasteiger partial charge in [-0.1, -0.05) is 133 Å². The Bertz CT molecular complexity index is 2740. The Morgan fingerprint density at radius 3 is 1.65 bits per heavy atom. The van der Waals surface area contributed by atoms with Gasteiger partial charge < -0.3 is 8.83 Å². The van der Waals surface area contributed by atoms with E-state index in [9.17, 15) is 0 Å². The first kappa shape index (κ1) is 25.2. The highest BCUT2D eigenvalue weighted by Crippen LogP contribution is 2.50. The summed E-state index contributed by atoms with van der Waals surface area (Å²) in [6.45, 7) is 0. The van der Waals surface area contributed by atoms with E-state index in [1.165, 1.54) is 43.4 Å². The molecule has 2 aromatic heterocycles. The molecule has 0 spiro atoms. The summed E-state index contributed by atoms with van der Waals surface area (Å²) < 4.78 is 13.4. The molecule has 214 valence electrons. The lowest BCUT2D eigenvalue weighted by atomic mass is 9.84. The van der Waals surface area contributed by atoms with E-state index in [0.717, 1.165) is 55.4 Å². The quantitative estimate of drug-likeness (QED) is 0.193. The third kappa shape index (κ3) is 3.65. The first-order chi connectivity index (χ1) is 22.8. The highest BCUT2D eigenvalue weighted by atomic mass is 16.3. The molecule has 0 bridgehead atoms. The van der Waals surface area contributed by atoms with Crippen molar-refractivity contribution < 1.29 is 8.83 Å². The van der Waals surface area contributed by atoms with Gasteiger partial charge in [0.15, 0.2) is 0 Å².